The lowest BCUT2D eigenvalue weighted by atomic mass is 9.72. The molecule has 15 heavy (non-hydrogen) atoms. The number of hydrogen-bond acceptors (Lipinski definition) is 3. The smallest absolute Gasteiger partial charge is 0.124 e. The highest BCUT2D eigenvalue weighted by atomic mass is 15.3. The van der Waals surface area contributed by atoms with Crippen molar-refractivity contribution in [2.75, 3.05) is 26.7 Å². The molecule has 2 bridgehead atoms. The van der Waals surface area contributed by atoms with Crippen molar-refractivity contribution in [3.63, 3.8) is 0 Å². The molecule has 0 aromatic heterocycles. The molecule has 1 unspecified atom stereocenters. The van der Waals surface area contributed by atoms with Gasteiger partial charge in [-0.15, -0.1) is 0 Å². The van der Waals surface area contributed by atoms with Crippen LogP contribution in [0.1, 0.15) is 26.7 Å². The maximum atomic E-state index is 9.56. The van der Waals surface area contributed by atoms with E-state index in [2.05, 4.69) is 36.8 Å². The minimum atomic E-state index is -0.218. The summed E-state index contributed by atoms with van der Waals surface area (Å²) in [6.45, 7) is 7.69. The lowest BCUT2D eigenvalue weighted by Gasteiger charge is -2.54. The Kier molecular flexibility index (Phi) is 2.74. The van der Waals surface area contributed by atoms with Crippen LogP contribution in [0.5, 0.6) is 0 Å². The molecule has 0 aromatic carbocycles. The minimum Gasteiger partial charge on any atom is -0.300 e. The van der Waals surface area contributed by atoms with E-state index in [1.165, 1.54) is 25.9 Å². The summed E-state index contributed by atoms with van der Waals surface area (Å²) in [5.41, 5.74) is -0.218. The normalized spacial score (nSPS) is 39.7. The van der Waals surface area contributed by atoms with Crippen LogP contribution in [-0.2, 0) is 0 Å². The van der Waals surface area contributed by atoms with Gasteiger partial charge in [0.25, 0.3) is 0 Å². The van der Waals surface area contributed by atoms with Crippen LogP contribution in [0.2, 0.25) is 0 Å². The van der Waals surface area contributed by atoms with Gasteiger partial charge in [-0.05, 0) is 52.7 Å². The van der Waals surface area contributed by atoms with E-state index in [1.54, 1.807) is 0 Å². The molecular formula is C12H21N3. The third-order valence-corrected chi connectivity index (χ3v) is 4.33. The fraction of sp³-hybridized carbons (Fsp3) is 0.917. The number of fused-ring (bicyclic) bond motifs is 3. The van der Waals surface area contributed by atoms with Crippen molar-refractivity contribution in [3.05, 3.63) is 0 Å². The lowest BCUT2D eigenvalue weighted by molar-refractivity contribution is -0.0389. The molecule has 0 aromatic rings. The molecule has 3 heterocycles. The summed E-state index contributed by atoms with van der Waals surface area (Å²) in [6, 6.07) is 3.06. The maximum absolute atomic E-state index is 9.56. The third kappa shape index (κ3) is 1.56. The number of nitriles is 1. The zero-order valence-electron chi connectivity index (χ0n) is 10.0. The van der Waals surface area contributed by atoms with Crippen molar-refractivity contribution < 1.29 is 0 Å². The Hall–Kier alpha value is -0.590. The van der Waals surface area contributed by atoms with Gasteiger partial charge in [-0.3, -0.25) is 4.90 Å². The van der Waals surface area contributed by atoms with Gasteiger partial charge in [0.15, 0.2) is 0 Å². The molecule has 0 radical (unpaired) electrons. The molecule has 0 amide bonds. The van der Waals surface area contributed by atoms with Gasteiger partial charge in [0.05, 0.1) is 6.07 Å². The Bertz CT molecular complexity index is 269. The molecule has 0 aliphatic carbocycles. The fourth-order valence-electron chi connectivity index (χ4n) is 3.10. The molecule has 3 saturated heterocycles. The fourth-order valence-corrected chi connectivity index (χ4v) is 3.10. The summed E-state index contributed by atoms with van der Waals surface area (Å²) in [4.78, 5) is 4.73. The van der Waals surface area contributed by atoms with Crippen LogP contribution in [0.25, 0.3) is 0 Å². The highest BCUT2D eigenvalue weighted by Crippen LogP contribution is 2.39. The van der Waals surface area contributed by atoms with Crippen LogP contribution in [-0.4, -0.2) is 48.1 Å². The second kappa shape index (κ2) is 3.77. The quantitative estimate of drug-likeness (QED) is 0.684. The molecule has 3 fully saturated rings. The largest absolute Gasteiger partial charge is 0.300 e. The predicted molar refractivity (Wildman–Crippen MR) is 60.4 cm³/mol. The second-order valence-electron chi connectivity index (χ2n) is 5.29. The SMILES string of the molecule is CC(C)N(C)C1(C#N)CN2CCC1CC2. The highest BCUT2D eigenvalue weighted by molar-refractivity contribution is 5.17. The van der Waals surface area contributed by atoms with Gasteiger partial charge in [-0.2, -0.15) is 5.26 Å². The van der Waals surface area contributed by atoms with E-state index in [0.29, 0.717) is 12.0 Å². The number of likely N-dealkylation sites (N-methyl/N-ethyl adjacent to an activating group) is 1. The second-order valence-corrected chi connectivity index (χ2v) is 5.29. The van der Waals surface area contributed by atoms with Gasteiger partial charge in [-0.1, -0.05) is 0 Å². The van der Waals surface area contributed by atoms with E-state index in [4.69, 9.17) is 0 Å². The van der Waals surface area contributed by atoms with E-state index in [9.17, 15) is 5.26 Å². The molecule has 1 atom stereocenters. The molecule has 3 rings (SSSR count). The van der Waals surface area contributed by atoms with Crippen molar-refractivity contribution in [2.24, 2.45) is 5.92 Å². The molecule has 3 heteroatoms. The van der Waals surface area contributed by atoms with E-state index >= 15 is 0 Å². The highest BCUT2D eigenvalue weighted by Gasteiger charge is 2.50. The molecule has 84 valence electrons. The van der Waals surface area contributed by atoms with Gasteiger partial charge in [0.1, 0.15) is 5.54 Å². The molecule has 0 saturated carbocycles. The van der Waals surface area contributed by atoms with Crippen molar-refractivity contribution in [1.29, 1.82) is 5.26 Å². The zero-order chi connectivity index (χ0) is 11.1. The zero-order valence-corrected chi connectivity index (χ0v) is 10.0. The molecule has 3 aliphatic rings. The average molecular weight is 207 g/mol. The van der Waals surface area contributed by atoms with Gasteiger partial charge >= 0.3 is 0 Å². The molecule has 0 N–H and O–H groups in total. The summed E-state index contributed by atoms with van der Waals surface area (Å²) in [5, 5.41) is 9.56. The maximum Gasteiger partial charge on any atom is 0.124 e. The Morgan fingerprint density at radius 2 is 2.00 bits per heavy atom. The first-order chi connectivity index (χ1) is 7.10. The van der Waals surface area contributed by atoms with Crippen LogP contribution in [0, 0.1) is 17.2 Å². The van der Waals surface area contributed by atoms with Crippen molar-refractivity contribution in [2.45, 2.75) is 38.3 Å². The van der Waals surface area contributed by atoms with Crippen molar-refractivity contribution >= 4 is 0 Å². The van der Waals surface area contributed by atoms with Gasteiger partial charge < -0.3 is 4.90 Å². The Morgan fingerprint density at radius 1 is 1.40 bits per heavy atom. The summed E-state index contributed by atoms with van der Waals surface area (Å²) in [7, 11) is 2.11. The first kappa shape index (κ1) is 10.9. The average Bonchev–Trinajstić information content (AvgIpc) is 2.29. The van der Waals surface area contributed by atoms with Gasteiger partial charge in [0, 0.05) is 12.6 Å². The summed E-state index contributed by atoms with van der Waals surface area (Å²) in [6.07, 6.45) is 2.40. The van der Waals surface area contributed by atoms with Crippen molar-refractivity contribution in [1.82, 2.24) is 9.80 Å². The Labute approximate surface area is 92.7 Å². The Balaban J connectivity index is 2.26. The summed E-state index contributed by atoms with van der Waals surface area (Å²) < 4.78 is 0. The number of nitrogens with zero attached hydrogens (tertiary/aromatic N) is 3. The van der Waals surface area contributed by atoms with Crippen molar-refractivity contribution in [3.8, 4) is 6.07 Å². The van der Waals surface area contributed by atoms with E-state index in [-0.39, 0.29) is 5.54 Å². The monoisotopic (exact) mass is 207 g/mol. The van der Waals surface area contributed by atoms with Gasteiger partial charge in [-0.25, -0.2) is 0 Å². The minimum absolute atomic E-state index is 0.218. The number of hydrogen-bond donors (Lipinski definition) is 0. The van der Waals surface area contributed by atoms with Crippen LogP contribution in [0.3, 0.4) is 0 Å². The lowest BCUT2D eigenvalue weighted by Crippen LogP contribution is -2.66. The van der Waals surface area contributed by atoms with Crippen LogP contribution < -0.4 is 0 Å². The topological polar surface area (TPSA) is 30.3 Å². The predicted octanol–water partition coefficient (Wildman–Crippen LogP) is 1.31. The first-order valence-corrected chi connectivity index (χ1v) is 5.96. The third-order valence-electron chi connectivity index (χ3n) is 4.33. The van der Waals surface area contributed by atoms with Crippen LogP contribution in [0.4, 0.5) is 0 Å². The van der Waals surface area contributed by atoms with E-state index < -0.39 is 0 Å². The van der Waals surface area contributed by atoms with Crippen LogP contribution in [0.15, 0.2) is 0 Å². The summed E-state index contributed by atoms with van der Waals surface area (Å²) in [5.74, 6) is 0.583. The van der Waals surface area contributed by atoms with Crippen LogP contribution >= 0.6 is 0 Å². The Morgan fingerprint density at radius 3 is 2.33 bits per heavy atom. The molecule has 0 spiro atoms. The number of rotatable bonds is 2. The van der Waals surface area contributed by atoms with Gasteiger partial charge in [0.2, 0.25) is 0 Å². The summed E-state index contributed by atoms with van der Waals surface area (Å²) >= 11 is 0. The standard InChI is InChI=1S/C12H21N3/c1-10(2)14(3)12(8-13)9-15-6-4-11(12)5-7-15/h10-11H,4-7,9H2,1-3H3. The molecule has 3 aliphatic heterocycles. The molecular weight excluding hydrogens is 186 g/mol. The molecule has 3 nitrogen and oxygen atoms in total. The van der Waals surface area contributed by atoms with E-state index in [0.717, 1.165) is 6.54 Å². The van der Waals surface area contributed by atoms with E-state index in [1.807, 2.05) is 0 Å². The number of piperidine rings is 3. The first-order valence-electron chi connectivity index (χ1n) is 5.96.